The quantitative estimate of drug-likeness (QED) is 0.625. The number of sulfone groups is 1. The van der Waals surface area contributed by atoms with E-state index in [0.29, 0.717) is 6.54 Å². The SMILES string of the molecule is C[C@H]1CNC[C@H](CS(C)(=O)=O)[C@H]1O. The summed E-state index contributed by atoms with van der Waals surface area (Å²) in [5, 5.41) is 12.8. The second-order valence-electron chi connectivity index (χ2n) is 3.98. The fraction of sp³-hybridized carbons (Fsp3) is 1.00. The van der Waals surface area contributed by atoms with Gasteiger partial charge in [-0.15, -0.1) is 0 Å². The normalized spacial score (nSPS) is 36.1. The van der Waals surface area contributed by atoms with Crippen molar-refractivity contribution in [1.82, 2.24) is 5.32 Å². The summed E-state index contributed by atoms with van der Waals surface area (Å²) >= 11 is 0. The van der Waals surface area contributed by atoms with Crippen molar-refractivity contribution in [2.45, 2.75) is 13.0 Å². The Morgan fingerprint density at radius 3 is 2.62 bits per heavy atom. The minimum Gasteiger partial charge on any atom is -0.392 e. The van der Waals surface area contributed by atoms with Gasteiger partial charge in [0.15, 0.2) is 0 Å². The lowest BCUT2D eigenvalue weighted by Crippen LogP contribution is -2.48. The van der Waals surface area contributed by atoms with Crippen LogP contribution in [-0.2, 0) is 9.84 Å². The third-order valence-electron chi connectivity index (χ3n) is 2.46. The average Bonchev–Trinajstić information content (AvgIpc) is 1.96. The van der Waals surface area contributed by atoms with Gasteiger partial charge in [0.05, 0.1) is 11.9 Å². The van der Waals surface area contributed by atoms with Crippen LogP contribution in [0.3, 0.4) is 0 Å². The highest BCUT2D eigenvalue weighted by atomic mass is 32.2. The number of piperidine rings is 1. The largest absolute Gasteiger partial charge is 0.392 e. The molecule has 13 heavy (non-hydrogen) atoms. The minimum atomic E-state index is -2.98. The third-order valence-corrected chi connectivity index (χ3v) is 3.49. The van der Waals surface area contributed by atoms with Crippen molar-refractivity contribution in [2.24, 2.45) is 11.8 Å². The Morgan fingerprint density at radius 1 is 1.46 bits per heavy atom. The summed E-state index contributed by atoms with van der Waals surface area (Å²) in [7, 11) is -2.98. The molecule has 1 heterocycles. The fourth-order valence-electron chi connectivity index (χ4n) is 1.75. The van der Waals surface area contributed by atoms with E-state index in [-0.39, 0.29) is 17.6 Å². The molecule has 1 aliphatic heterocycles. The molecule has 4 nitrogen and oxygen atoms in total. The predicted octanol–water partition coefficient (Wildman–Crippen LogP) is -0.753. The lowest BCUT2D eigenvalue weighted by Gasteiger charge is -2.32. The molecule has 0 bridgehead atoms. The molecule has 0 amide bonds. The first-order chi connectivity index (χ1) is 5.90. The fourth-order valence-corrected chi connectivity index (χ4v) is 2.84. The Labute approximate surface area is 79.3 Å². The monoisotopic (exact) mass is 207 g/mol. The van der Waals surface area contributed by atoms with Gasteiger partial charge in [0.25, 0.3) is 0 Å². The first kappa shape index (κ1) is 10.9. The predicted molar refractivity (Wildman–Crippen MR) is 51.2 cm³/mol. The van der Waals surface area contributed by atoms with Crippen LogP contribution in [-0.4, -0.2) is 44.7 Å². The highest BCUT2D eigenvalue weighted by Gasteiger charge is 2.30. The molecule has 0 aromatic rings. The van der Waals surface area contributed by atoms with Gasteiger partial charge in [-0.2, -0.15) is 0 Å². The topological polar surface area (TPSA) is 66.4 Å². The molecule has 0 radical (unpaired) electrons. The molecule has 1 fully saturated rings. The number of rotatable bonds is 2. The zero-order valence-electron chi connectivity index (χ0n) is 8.03. The van der Waals surface area contributed by atoms with Gasteiger partial charge in [0.2, 0.25) is 0 Å². The van der Waals surface area contributed by atoms with Crippen LogP contribution in [0.2, 0.25) is 0 Å². The van der Waals surface area contributed by atoms with E-state index >= 15 is 0 Å². The number of hydrogen-bond donors (Lipinski definition) is 2. The zero-order valence-corrected chi connectivity index (χ0v) is 8.84. The summed E-state index contributed by atoms with van der Waals surface area (Å²) in [4.78, 5) is 0. The molecular formula is C8H17NO3S. The highest BCUT2D eigenvalue weighted by Crippen LogP contribution is 2.18. The molecule has 0 unspecified atom stereocenters. The van der Waals surface area contributed by atoms with Crippen molar-refractivity contribution < 1.29 is 13.5 Å². The van der Waals surface area contributed by atoms with E-state index in [1.54, 1.807) is 0 Å². The van der Waals surface area contributed by atoms with Crippen LogP contribution in [0.1, 0.15) is 6.92 Å². The maximum Gasteiger partial charge on any atom is 0.147 e. The Kier molecular flexibility index (Phi) is 3.32. The van der Waals surface area contributed by atoms with Gasteiger partial charge in [-0.25, -0.2) is 8.42 Å². The summed E-state index contributed by atoms with van der Waals surface area (Å²) in [6.45, 7) is 3.28. The number of nitrogens with one attached hydrogen (secondary N) is 1. The number of aliphatic hydroxyl groups excluding tert-OH is 1. The first-order valence-corrected chi connectivity index (χ1v) is 6.52. The zero-order chi connectivity index (χ0) is 10.1. The molecule has 0 aliphatic carbocycles. The molecule has 1 aliphatic rings. The van der Waals surface area contributed by atoms with E-state index in [9.17, 15) is 13.5 Å². The molecule has 78 valence electrons. The van der Waals surface area contributed by atoms with Gasteiger partial charge in [0.1, 0.15) is 9.84 Å². The number of aliphatic hydroxyl groups is 1. The molecular weight excluding hydrogens is 190 g/mol. The van der Waals surface area contributed by atoms with Crippen molar-refractivity contribution >= 4 is 9.84 Å². The molecule has 0 aromatic carbocycles. The average molecular weight is 207 g/mol. The minimum absolute atomic E-state index is 0.0749. The Balaban J connectivity index is 2.59. The summed E-state index contributed by atoms with van der Waals surface area (Å²) in [5.41, 5.74) is 0. The smallest absolute Gasteiger partial charge is 0.147 e. The van der Waals surface area contributed by atoms with Crippen molar-refractivity contribution in [1.29, 1.82) is 0 Å². The van der Waals surface area contributed by atoms with Gasteiger partial charge in [-0.1, -0.05) is 6.92 Å². The van der Waals surface area contributed by atoms with Crippen LogP contribution in [0.25, 0.3) is 0 Å². The van der Waals surface area contributed by atoms with E-state index in [1.807, 2.05) is 6.92 Å². The molecule has 0 saturated carbocycles. The van der Waals surface area contributed by atoms with Crippen LogP contribution in [0.5, 0.6) is 0 Å². The maximum atomic E-state index is 11.0. The van der Waals surface area contributed by atoms with Crippen molar-refractivity contribution in [3.05, 3.63) is 0 Å². The molecule has 5 heteroatoms. The van der Waals surface area contributed by atoms with Crippen molar-refractivity contribution in [2.75, 3.05) is 25.1 Å². The van der Waals surface area contributed by atoms with E-state index < -0.39 is 15.9 Å². The van der Waals surface area contributed by atoms with Gasteiger partial charge in [0, 0.05) is 25.3 Å². The van der Waals surface area contributed by atoms with Crippen LogP contribution in [0, 0.1) is 11.8 Å². The van der Waals surface area contributed by atoms with Crippen LogP contribution in [0.15, 0.2) is 0 Å². The van der Waals surface area contributed by atoms with Crippen molar-refractivity contribution in [3.8, 4) is 0 Å². The Bertz CT molecular complexity index is 263. The van der Waals surface area contributed by atoms with Crippen molar-refractivity contribution in [3.63, 3.8) is 0 Å². The summed E-state index contributed by atoms with van der Waals surface area (Å²) in [6, 6.07) is 0. The summed E-state index contributed by atoms with van der Waals surface area (Å²) in [5.74, 6) is 0.0603. The van der Waals surface area contributed by atoms with Crippen LogP contribution >= 0.6 is 0 Å². The first-order valence-electron chi connectivity index (χ1n) is 4.46. The summed E-state index contributed by atoms with van der Waals surface area (Å²) in [6.07, 6.45) is 0.717. The summed E-state index contributed by atoms with van der Waals surface area (Å²) < 4.78 is 22.0. The lowest BCUT2D eigenvalue weighted by atomic mass is 9.90. The Hall–Kier alpha value is -0.130. The molecule has 2 N–H and O–H groups in total. The molecule has 0 aromatic heterocycles. The Morgan fingerprint density at radius 2 is 2.08 bits per heavy atom. The van der Waals surface area contributed by atoms with Crippen LogP contribution in [0.4, 0.5) is 0 Å². The van der Waals surface area contributed by atoms with Gasteiger partial charge >= 0.3 is 0 Å². The second kappa shape index (κ2) is 3.94. The third kappa shape index (κ3) is 3.25. The maximum absolute atomic E-state index is 11.0. The standard InChI is InChI=1S/C8H17NO3S/c1-6-3-9-4-7(8(6)10)5-13(2,11)12/h6-10H,3-5H2,1-2H3/t6-,7+,8-/m0/s1. The van der Waals surface area contributed by atoms with E-state index in [0.717, 1.165) is 6.54 Å². The van der Waals surface area contributed by atoms with Gasteiger partial charge in [-0.05, 0) is 5.92 Å². The highest BCUT2D eigenvalue weighted by molar-refractivity contribution is 7.90. The molecule has 3 atom stereocenters. The van der Waals surface area contributed by atoms with Crippen LogP contribution < -0.4 is 5.32 Å². The van der Waals surface area contributed by atoms with Gasteiger partial charge < -0.3 is 10.4 Å². The molecule has 0 spiro atoms. The second-order valence-corrected chi connectivity index (χ2v) is 6.16. The van der Waals surface area contributed by atoms with E-state index in [4.69, 9.17) is 0 Å². The van der Waals surface area contributed by atoms with E-state index in [1.165, 1.54) is 6.26 Å². The van der Waals surface area contributed by atoms with Gasteiger partial charge in [-0.3, -0.25) is 0 Å². The molecule has 1 rings (SSSR count). The lowest BCUT2D eigenvalue weighted by molar-refractivity contribution is 0.0447. The number of hydrogen-bond acceptors (Lipinski definition) is 4. The van der Waals surface area contributed by atoms with E-state index in [2.05, 4.69) is 5.32 Å². The molecule has 1 saturated heterocycles.